The fourth-order valence-electron chi connectivity index (χ4n) is 2.67. The molecule has 1 rings (SSSR count). The Morgan fingerprint density at radius 3 is 2.74 bits per heavy atom. The van der Waals surface area contributed by atoms with Crippen LogP contribution in [0, 0.1) is 0 Å². The van der Waals surface area contributed by atoms with Crippen LogP contribution in [-0.4, -0.2) is 11.7 Å². The van der Waals surface area contributed by atoms with E-state index in [1.165, 1.54) is 11.3 Å². The topological polar surface area (TPSA) is 29.3 Å². The molecule has 0 aromatic carbocycles. The molecule has 1 aliphatic rings. The molecule has 0 saturated heterocycles. The molecule has 0 bridgehead atoms. The molecule has 0 radical (unpaired) electrons. The van der Waals surface area contributed by atoms with E-state index in [2.05, 4.69) is 60.6 Å². The molecule has 0 aromatic heterocycles. The van der Waals surface area contributed by atoms with Crippen molar-refractivity contribution in [3.05, 3.63) is 84.3 Å². The molecule has 1 heterocycles. The summed E-state index contributed by atoms with van der Waals surface area (Å²) < 4.78 is 0. The Kier molecular flexibility index (Phi) is 8.67. The van der Waals surface area contributed by atoms with Crippen molar-refractivity contribution >= 4 is 6.85 Å². The van der Waals surface area contributed by atoms with Crippen LogP contribution in [0.4, 0.5) is 0 Å². The van der Waals surface area contributed by atoms with Crippen molar-refractivity contribution in [1.82, 2.24) is 4.81 Å². The third kappa shape index (κ3) is 6.23. The molecular weight excluding hydrogens is 279 g/mol. The molecule has 23 heavy (non-hydrogen) atoms. The minimum atomic E-state index is 0.287. The molecule has 0 atom stereocenters. The minimum Gasteiger partial charge on any atom is -0.404 e. The van der Waals surface area contributed by atoms with Gasteiger partial charge in [-0.25, -0.2) is 0 Å². The van der Waals surface area contributed by atoms with Crippen molar-refractivity contribution in [3.63, 3.8) is 0 Å². The Bertz CT molecular complexity index is 562. The third-order valence-corrected chi connectivity index (χ3v) is 3.79. The maximum atomic E-state index is 5.66. The molecule has 2 N–H and O–H groups in total. The van der Waals surface area contributed by atoms with Gasteiger partial charge in [-0.1, -0.05) is 55.8 Å². The van der Waals surface area contributed by atoms with E-state index in [0.29, 0.717) is 0 Å². The standard InChI is InChI=1S/C20H29BN2/c1-5-7-8-16-21(4)23-18(3)12-9-14-20(23)15-10-13-19(17-22)11-6-2/h5-9,11-12,14,16-17H,3,10,13,15,22H2,1-2,4H3/b7-5-,11-6-,16-8-,19-17+. The molecule has 2 nitrogen and oxygen atoms in total. The van der Waals surface area contributed by atoms with Gasteiger partial charge in [0.25, 0.3) is 6.85 Å². The summed E-state index contributed by atoms with van der Waals surface area (Å²) in [4.78, 5) is 2.31. The average Bonchev–Trinajstić information content (AvgIpc) is 2.54. The maximum absolute atomic E-state index is 5.66. The van der Waals surface area contributed by atoms with E-state index in [4.69, 9.17) is 5.73 Å². The zero-order valence-electron chi connectivity index (χ0n) is 14.7. The molecule has 0 aliphatic carbocycles. The number of hydrogen-bond donors (Lipinski definition) is 1. The highest BCUT2D eigenvalue weighted by molar-refractivity contribution is 6.61. The summed E-state index contributed by atoms with van der Waals surface area (Å²) in [6.07, 6.45) is 21.4. The fraction of sp³-hybridized carbons (Fsp3) is 0.300. The van der Waals surface area contributed by atoms with Crippen molar-refractivity contribution in [2.45, 2.75) is 39.9 Å². The van der Waals surface area contributed by atoms with E-state index in [0.717, 1.165) is 25.0 Å². The quantitative estimate of drug-likeness (QED) is 0.497. The monoisotopic (exact) mass is 308 g/mol. The Morgan fingerprint density at radius 1 is 1.30 bits per heavy atom. The molecule has 122 valence electrons. The predicted octanol–water partition coefficient (Wildman–Crippen LogP) is 5.14. The summed E-state index contributed by atoms with van der Waals surface area (Å²) in [6.45, 7) is 10.7. The van der Waals surface area contributed by atoms with Crippen molar-refractivity contribution < 1.29 is 0 Å². The second-order valence-corrected chi connectivity index (χ2v) is 5.62. The first-order chi connectivity index (χ1) is 11.1. The number of nitrogens with zero attached hydrogens (tertiary/aromatic N) is 1. The van der Waals surface area contributed by atoms with Crippen LogP contribution in [0.3, 0.4) is 0 Å². The highest BCUT2D eigenvalue weighted by atomic mass is 15.1. The fourth-order valence-corrected chi connectivity index (χ4v) is 2.67. The van der Waals surface area contributed by atoms with Crippen LogP contribution in [0.2, 0.25) is 6.82 Å². The molecule has 0 saturated carbocycles. The lowest BCUT2D eigenvalue weighted by molar-refractivity contribution is 0.609. The van der Waals surface area contributed by atoms with E-state index in [-0.39, 0.29) is 6.85 Å². The van der Waals surface area contributed by atoms with Gasteiger partial charge in [-0.15, -0.1) is 0 Å². The van der Waals surface area contributed by atoms with E-state index in [9.17, 15) is 0 Å². The Hall–Kier alpha value is -2.16. The number of allylic oxidation sites excluding steroid dienone is 10. The molecule has 0 fully saturated rings. The first-order valence-corrected chi connectivity index (χ1v) is 8.32. The van der Waals surface area contributed by atoms with Crippen LogP contribution in [0.25, 0.3) is 0 Å². The summed E-state index contributed by atoms with van der Waals surface area (Å²) in [6, 6.07) is 0. The van der Waals surface area contributed by atoms with Gasteiger partial charge in [0.15, 0.2) is 0 Å². The van der Waals surface area contributed by atoms with Crippen molar-refractivity contribution in [1.29, 1.82) is 0 Å². The first-order valence-electron chi connectivity index (χ1n) is 8.32. The molecule has 0 amide bonds. The smallest absolute Gasteiger partial charge is 0.282 e. The lowest BCUT2D eigenvalue weighted by Gasteiger charge is -2.33. The van der Waals surface area contributed by atoms with Gasteiger partial charge < -0.3 is 10.5 Å². The summed E-state index contributed by atoms with van der Waals surface area (Å²) in [5.74, 6) is 2.20. The Balaban J connectivity index is 2.72. The van der Waals surface area contributed by atoms with Crippen LogP contribution < -0.4 is 5.73 Å². The van der Waals surface area contributed by atoms with Gasteiger partial charge in [-0.05, 0) is 57.0 Å². The SMILES string of the molecule is C=C1C=CC=C(CCCC(/C=C\C)=C/N)N1B(C)/C=C\C=C/C. The first kappa shape index (κ1) is 18.9. The number of rotatable bonds is 8. The molecule has 0 unspecified atom stereocenters. The number of hydrogen-bond acceptors (Lipinski definition) is 2. The van der Waals surface area contributed by atoms with E-state index >= 15 is 0 Å². The highest BCUT2D eigenvalue weighted by Crippen LogP contribution is 2.25. The van der Waals surface area contributed by atoms with E-state index in [1.807, 2.05) is 26.0 Å². The largest absolute Gasteiger partial charge is 0.404 e. The third-order valence-electron chi connectivity index (χ3n) is 3.79. The Morgan fingerprint density at radius 2 is 2.09 bits per heavy atom. The van der Waals surface area contributed by atoms with E-state index in [1.54, 1.807) is 6.20 Å². The van der Waals surface area contributed by atoms with Gasteiger partial charge in [0, 0.05) is 11.4 Å². The van der Waals surface area contributed by atoms with Crippen LogP contribution in [0.1, 0.15) is 33.1 Å². The van der Waals surface area contributed by atoms with Crippen molar-refractivity contribution in [3.8, 4) is 0 Å². The zero-order chi connectivity index (χ0) is 17.1. The minimum absolute atomic E-state index is 0.287. The van der Waals surface area contributed by atoms with Crippen LogP contribution in [0.15, 0.2) is 84.3 Å². The van der Waals surface area contributed by atoms with Crippen molar-refractivity contribution in [2.75, 3.05) is 0 Å². The van der Waals surface area contributed by atoms with Gasteiger partial charge in [-0.2, -0.15) is 0 Å². The average molecular weight is 308 g/mol. The maximum Gasteiger partial charge on any atom is 0.282 e. The van der Waals surface area contributed by atoms with Gasteiger partial charge in [0.05, 0.1) is 0 Å². The normalized spacial score (nSPS) is 16.1. The summed E-state index contributed by atoms with van der Waals surface area (Å²) in [7, 11) is 0. The Labute approximate surface area is 142 Å². The molecular formula is C20H29BN2. The van der Waals surface area contributed by atoms with Crippen LogP contribution >= 0.6 is 0 Å². The van der Waals surface area contributed by atoms with Crippen molar-refractivity contribution in [2.24, 2.45) is 5.73 Å². The molecule has 1 aliphatic heterocycles. The van der Waals surface area contributed by atoms with Crippen LogP contribution in [-0.2, 0) is 0 Å². The summed E-state index contributed by atoms with van der Waals surface area (Å²) in [5, 5.41) is 0. The van der Waals surface area contributed by atoms with Gasteiger partial charge in [-0.3, -0.25) is 0 Å². The van der Waals surface area contributed by atoms with Crippen LogP contribution in [0.5, 0.6) is 0 Å². The lowest BCUT2D eigenvalue weighted by Crippen LogP contribution is -2.34. The second-order valence-electron chi connectivity index (χ2n) is 5.62. The van der Waals surface area contributed by atoms with Gasteiger partial charge in [0.2, 0.25) is 0 Å². The summed E-state index contributed by atoms with van der Waals surface area (Å²) in [5.41, 5.74) is 9.21. The number of nitrogens with two attached hydrogens (primary N) is 1. The molecule has 3 heteroatoms. The van der Waals surface area contributed by atoms with Gasteiger partial charge >= 0.3 is 0 Å². The highest BCUT2D eigenvalue weighted by Gasteiger charge is 2.20. The molecule has 0 spiro atoms. The van der Waals surface area contributed by atoms with Gasteiger partial charge in [0.1, 0.15) is 0 Å². The zero-order valence-corrected chi connectivity index (χ0v) is 14.7. The molecule has 0 aromatic rings. The predicted molar refractivity (Wildman–Crippen MR) is 105 cm³/mol. The van der Waals surface area contributed by atoms with E-state index < -0.39 is 0 Å². The lowest BCUT2D eigenvalue weighted by atomic mass is 9.61. The summed E-state index contributed by atoms with van der Waals surface area (Å²) >= 11 is 0. The second kappa shape index (κ2) is 10.6.